The SMILES string of the molecule is CC1(C)OC(=O)N(C2CC(c3nnc(-c4ccccc4)o3)C2)[C@@H]1c1ccccc1.CC1(C)OC(=O)N(C2CC(c3nnc(-c4ccccc4)o3)C2)[C@H]1c1ccccc1. The predicted octanol–water partition coefficient (Wildman–Crippen LogP) is 9.91. The Morgan fingerprint density at radius 2 is 0.810 bits per heavy atom. The zero-order valence-electron chi connectivity index (χ0n) is 33.0. The van der Waals surface area contributed by atoms with E-state index in [9.17, 15) is 9.59 Å². The van der Waals surface area contributed by atoms with Crippen molar-refractivity contribution in [2.24, 2.45) is 0 Å². The van der Waals surface area contributed by atoms with Gasteiger partial charge < -0.3 is 18.3 Å². The van der Waals surface area contributed by atoms with E-state index in [1.165, 1.54) is 0 Å². The quantitative estimate of drug-likeness (QED) is 0.147. The molecule has 0 spiro atoms. The Hall–Kier alpha value is -6.30. The number of hydrogen-bond acceptors (Lipinski definition) is 10. The molecule has 58 heavy (non-hydrogen) atoms. The summed E-state index contributed by atoms with van der Waals surface area (Å²) in [6.07, 6.45) is 2.69. The van der Waals surface area contributed by atoms with Gasteiger partial charge in [-0.25, -0.2) is 9.59 Å². The van der Waals surface area contributed by atoms with Gasteiger partial charge in [0.15, 0.2) is 0 Å². The molecule has 2 saturated heterocycles. The summed E-state index contributed by atoms with van der Waals surface area (Å²) < 4.78 is 23.3. The van der Waals surface area contributed by atoms with Gasteiger partial charge >= 0.3 is 12.2 Å². The maximum atomic E-state index is 12.7. The Morgan fingerprint density at radius 1 is 0.483 bits per heavy atom. The topological polar surface area (TPSA) is 137 Å². The molecular formula is C46H46N6O6. The van der Waals surface area contributed by atoms with Gasteiger partial charge in [0.05, 0.1) is 12.1 Å². The van der Waals surface area contributed by atoms with Crippen LogP contribution in [0.1, 0.15) is 100 Å². The van der Waals surface area contributed by atoms with Crippen LogP contribution < -0.4 is 0 Å². The largest absolute Gasteiger partial charge is 0.441 e. The molecule has 2 aliphatic carbocycles. The van der Waals surface area contributed by atoms with Crippen molar-refractivity contribution in [3.8, 4) is 22.9 Å². The van der Waals surface area contributed by atoms with E-state index in [4.69, 9.17) is 18.3 Å². The minimum absolute atomic E-state index is 0.103. The zero-order valence-corrected chi connectivity index (χ0v) is 33.0. The van der Waals surface area contributed by atoms with Crippen LogP contribution in [0.2, 0.25) is 0 Å². The van der Waals surface area contributed by atoms with Crippen molar-refractivity contribution < 1.29 is 27.9 Å². The molecule has 4 aromatic carbocycles. The lowest BCUT2D eigenvalue weighted by Crippen LogP contribution is -2.47. The summed E-state index contributed by atoms with van der Waals surface area (Å²) in [5.41, 5.74) is 2.86. The van der Waals surface area contributed by atoms with Crippen molar-refractivity contribution in [2.45, 2.75) is 101 Å². The maximum Gasteiger partial charge on any atom is 0.411 e. The zero-order chi connectivity index (χ0) is 40.0. The number of benzene rings is 4. The predicted molar refractivity (Wildman–Crippen MR) is 214 cm³/mol. The number of hydrogen-bond donors (Lipinski definition) is 0. The van der Waals surface area contributed by atoms with Crippen molar-refractivity contribution >= 4 is 12.2 Å². The lowest BCUT2D eigenvalue weighted by atomic mass is 9.77. The summed E-state index contributed by atoms with van der Waals surface area (Å²) in [6, 6.07) is 39.7. The summed E-state index contributed by atoms with van der Waals surface area (Å²) >= 11 is 0. The molecule has 2 aromatic heterocycles. The third kappa shape index (κ3) is 7.01. The van der Waals surface area contributed by atoms with Gasteiger partial charge in [0, 0.05) is 35.0 Å². The Kier molecular flexibility index (Phi) is 9.57. The van der Waals surface area contributed by atoms with Crippen molar-refractivity contribution in [1.82, 2.24) is 30.2 Å². The van der Waals surface area contributed by atoms with Crippen LogP contribution in [-0.2, 0) is 9.47 Å². The normalized spacial score (nSPS) is 25.5. The van der Waals surface area contributed by atoms with Crippen LogP contribution in [0.4, 0.5) is 9.59 Å². The summed E-state index contributed by atoms with van der Waals surface area (Å²) in [4.78, 5) is 29.2. The van der Waals surface area contributed by atoms with Crippen LogP contribution >= 0.6 is 0 Å². The van der Waals surface area contributed by atoms with Gasteiger partial charge in [-0.15, -0.1) is 20.4 Å². The average molecular weight is 779 g/mol. The van der Waals surface area contributed by atoms with Crippen LogP contribution in [-0.4, -0.2) is 65.7 Å². The lowest BCUT2D eigenvalue weighted by molar-refractivity contribution is 0.0635. The summed E-state index contributed by atoms with van der Waals surface area (Å²) in [7, 11) is 0. The van der Waals surface area contributed by atoms with Gasteiger partial charge in [-0.1, -0.05) is 97.1 Å². The lowest BCUT2D eigenvalue weighted by Gasteiger charge is -2.42. The highest BCUT2D eigenvalue weighted by molar-refractivity contribution is 5.73. The summed E-state index contributed by atoms with van der Waals surface area (Å²) in [5, 5.41) is 16.9. The average Bonchev–Trinajstić information content (AvgIpc) is 3.97. The molecule has 0 bridgehead atoms. The van der Waals surface area contributed by atoms with E-state index in [0.29, 0.717) is 23.6 Å². The molecule has 6 aromatic rings. The highest BCUT2D eigenvalue weighted by Gasteiger charge is 2.55. The third-order valence-corrected chi connectivity index (χ3v) is 11.9. The Balaban J connectivity index is 0.000000150. The summed E-state index contributed by atoms with van der Waals surface area (Å²) in [6.45, 7) is 7.90. The number of ether oxygens (including phenoxy) is 2. The van der Waals surface area contributed by atoms with Gasteiger partial charge in [0.1, 0.15) is 11.2 Å². The van der Waals surface area contributed by atoms with Crippen LogP contribution in [0.5, 0.6) is 0 Å². The molecule has 2 amide bonds. The van der Waals surface area contributed by atoms with Crippen LogP contribution in [0.15, 0.2) is 130 Å². The number of carbonyl (C=O) groups excluding carboxylic acids is 2. The monoisotopic (exact) mass is 778 g/mol. The Morgan fingerprint density at radius 3 is 1.16 bits per heavy atom. The number of amides is 2. The molecule has 0 unspecified atom stereocenters. The molecule has 0 N–H and O–H groups in total. The summed E-state index contributed by atoms with van der Waals surface area (Å²) in [5.74, 6) is 2.68. The number of cyclic esters (lactones) is 2. The minimum atomic E-state index is -0.575. The first-order chi connectivity index (χ1) is 28.1. The van der Waals surface area contributed by atoms with E-state index in [0.717, 1.165) is 47.9 Å². The van der Waals surface area contributed by atoms with Crippen molar-refractivity contribution in [2.75, 3.05) is 0 Å². The third-order valence-electron chi connectivity index (χ3n) is 11.9. The van der Waals surface area contributed by atoms with Gasteiger partial charge in [0.25, 0.3) is 0 Å². The first-order valence-corrected chi connectivity index (χ1v) is 20.0. The molecule has 2 saturated carbocycles. The number of nitrogens with zero attached hydrogens (tertiary/aromatic N) is 6. The van der Waals surface area contributed by atoms with Crippen LogP contribution in [0.3, 0.4) is 0 Å². The van der Waals surface area contributed by atoms with Crippen molar-refractivity contribution in [3.63, 3.8) is 0 Å². The van der Waals surface area contributed by atoms with Crippen molar-refractivity contribution in [1.29, 1.82) is 0 Å². The Bertz CT molecular complexity index is 2190. The Labute approximate surface area is 337 Å². The van der Waals surface area contributed by atoms with E-state index in [1.807, 2.05) is 135 Å². The molecule has 4 aliphatic rings. The number of carbonyl (C=O) groups is 2. The fourth-order valence-corrected chi connectivity index (χ4v) is 8.89. The molecule has 12 heteroatoms. The highest BCUT2D eigenvalue weighted by Crippen LogP contribution is 2.51. The molecular weight excluding hydrogens is 733 g/mol. The standard InChI is InChI=1S/2C23H23N3O3/c2*1-23(2)19(15-9-5-3-6-10-15)26(22(27)29-23)18-13-17(14-18)21-25-24-20(28-21)16-11-7-4-8-12-16/h2*3-12,17-19H,13-14H2,1-2H3/t2*17?,18?,19-/m10/s1. The van der Waals surface area contributed by atoms with Crippen molar-refractivity contribution in [3.05, 3.63) is 144 Å². The van der Waals surface area contributed by atoms with E-state index in [1.54, 1.807) is 0 Å². The second-order valence-corrected chi connectivity index (χ2v) is 16.7. The van der Waals surface area contributed by atoms with Crippen LogP contribution in [0.25, 0.3) is 22.9 Å². The van der Waals surface area contributed by atoms with E-state index in [-0.39, 0.29) is 48.2 Å². The van der Waals surface area contributed by atoms with Crippen LogP contribution in [0, 0.1) is 0 Å². The molecule has 0 radical (unpaired) electrons. The molecule has 2 aliphatic heterocycles. The smallest absolute Gasteiger partial charge is 0.411 e. The first-order valence-electron chi connectivity index (χ1n) is 20.0. The van der Waals surface area contributed by atoms with Gasteiger partial charge in [0.2, 0.25) is 23.6 Å². The van der Waals surface area contributed by atoms with Gasteiger partial charge in [-0.05, 0) is 88.8 Å². The van der Waals surface area contributed by atoms with Gasteiger partial charge in [-0.3, -0.25) is 9.80 Å². The molecule has 296 valence electrons. The number of rotatable bonds is 8. The molecule has 12 nitrogen and oxygen atoms in total. The first kappa shape index (κ1) is 37.3. The van der Waals surface area contributed by atoms with E-state index >= 15 is 0 Å². The molecule has 4 heterocycles. The maximum absolute atomic E-state index is 12.7. The fourth-order valence-electron chi connectivity index (χ4n) is 8.89. The second-order valence-electron chi connectivity index (χ2n) is 16.7. The van der Waals surface area contributed by atoms with E-state index < -0.39 is 11.2 Å². The minimum Gasteiger partial charge on any atom is -0.441 e. The van der Waals surface area contributed by atoms with Gasteiger partial charge in [-0.2, -0.15) is 0 Å². The molecule has 2 atom stereocenters. The molecule has 10 rings (SSSR count). The molecule has 4 fully saturated rings. The fraction of sp³-hybridized carbons (Fsp3) is 0.348. The van der Waals surface area contributed by atoms with E-state index in [2.05, 4.69) is 44.7 Å². The highest BCUT2D eigenvalue weighted by atomic mass is 16.6. The second kappa shape index (κ2) is 14.9. The number of aromatic nitrogens is 4.